The summed E-state index contributed by atoms with van der Waals surface area (Å²) in [5.41, 5.74) is 3.73. The van der Waals surface area contributed by atoms with Crippen LogP contribution in [0.4, 0.5) is 5.69 Å². The molecule has 0 radical (unpaired) electrons. The van der Waals surface area contributed by atoms with Crippen LogP contribution in [-0.4, -0.2) is 25.5 Å². The Hall–Kier alpha value is -2.03. The van der Waals surface area contributed by atoms with Gasteiger partial charge >= 0.3 is 0 Å². The molecule has 1 aromatic carbocycles. The zero-order valence-electron chi connectivity index (χ0n) is 12.9. The van der Waals surface area contributed by atoms with Crippen LogP contribution in [0.15, 0.2) is 30.6 Å². The minimum atomic E-state index is -0.00973. The number of nitrogens with zero attached hydrogens (tertiary/aromatic N) is 4. The lowest BCUT2D eigenvalue weighted by Gasteiger charge is -2.10. The van der Waals surface area contributed by atoms with Gasteiger partial charge in [0.2, 0.25) is 5.91 Å². The van der Waals surface area contributed by atoms with E-state index in [1.54, 1.807) is 4.52 Å². The van der Waals surface area contributed by atoms with Crippen molar-refractivity contribution in [2.45, 2.75) is 26.7 Å². The van der Waals surface area contributed by atoms with Crippen LogP contribution < -0.4 is 5.32 Å². The van der Waals surface area contributed by atoms with Crippen LogP contribution in [0.2, 0.25) is 0 Å². The number of halogens is 1. The smallest absolute Gasteiger partial charge is 0.252 e. The Balaban J connectivity index is 1.72. The molecular weight excluding hydrogens is 405 g/mol. The number of fused-ring (bicyclic) bond motifs is 1. The Morgan fingerprint density at radius 3 is 2.96 bits per heavy atom. The molecule has 2 aromatic heterocycles. The Labute approximate surface area is 147 Å². The van der Waals surface area contributed by atoms with Gasteiger partial charge in [0, 0.05) is 27.1 Å². The number of rotatable bonds is 4. The van der Waals surface area contributed by atoms with Gasteiger partial charge in [-0.25, -0.2) is 9.50 Å². The van der Waals surface area contributed by atoms with Crippen molar-refractivity contribution in [2.24, 2.45) is 0 Å². The zero-order valence-corrected chi connectivity index (χ0v) is 15.0. The van der Waals surface area contributed by atoms with E-state index in [9.17, 15) is 4.79 Å². The molecule has 118 valence electrons. The van der Waals surface area contributed by atoms with E-state index in [4.69, 9.17) is 0 Å². The third kappa shape index (κ3) is 3.49. The van der Waals surface area contributed by atoms with E-state index in [2.05, 4.69) is 43.0 Å². The number of aryl methyl sites for hydroxylation is 2. The van der Waals surface area contributed by atoms with E-state index in [1.807, 2.05) is 38.1 Å². The second kappa shape index (κ2) is 6.61. The van der Waals surface area contributed by atoms with Gasteiger partial charge < -0.3 is 5.32 Å². The monoisotopic (exact) mass is 421 g/mol. The standard InChI is InChI=1S/C16H16IN5O/c1-10-14(11(2)22-16(20-10)18-9-19-22)6-7-15(23)21-13-5-3-4-12(17)8-13/h3-5,8-9H,6-7H2,1-2H3,(H,21,23). The van der Waals surface area contributed by atoms with E-state index in [0.717, 1.165) is 26.2 Å². The minimum absolute atomic E-state index is 0.00973. The van der Waals surface area contributed by atoms with Crippen molar-refractivity contribution >= 4 is 40.0 Å². The summed E-state index contributed by atoms with van der Waals surface area (Å²) in [6, 6.07) is 7.74. The number of benzene rings is 1. The highest BCUT2D eigenvalue weighted by molar-refractivity contribution is 14.1. The number of nitrogens with one attached hydrogen (secondary N) is 1. The van der Waals surface area contributed by atoms with E-state index in [-0.39, 0.29) is 5.91 Å². The number of amides is 1. The van der Waals surface area contributed by atoms with Crippen LogP contribution in [0, 0.1) is 17.4 Å². The highest BCUT2D eigenvalue weighted by atomic mass is 127. The Morgan fingerprint density at radius 2 is 2.17 bits per heavy atom. The molecule has 0 spiro atoms. The molecule has 3 rings (SSSR count). The molecule has 0 bridgehead atoms. The van der Waals surface area contributed by atoms with Gasteiger partial charge in [-0.2, -0.15) is 10.1 Å². The van der Waals surface area contributed by atoms with Gasteiger partial charge in [-0.05, 0) is 66.6 Å². The molecular formula is C16H16IN5O. The van der Waals surface area contributed by atoms with Gasteiger partial charge in [-0.1, -0.05) is 6.07 Å². The molecule has 0 atom stereocenters. The van der Waals surface area contributed by atoms with Crippen molar-refractivity contribution in [3.8, 4) is 0 Å². The second-order valence-corrected chi connectivity index (χ2v) is 6.54. The molecule has 3 aromatic rings. The maximum Gasteiger partial charge on any atom is 0.252 e. The number of carbonyl (C=O) groups is 1. The summed E-state index contributed by atoms with van der Waals surface area (Å²) in [5.74, 6) is 0.580. The topological polar surface area (TPSA) is 72.2 Å². The molecule has 0 aliphatic rings. The lowest BCUT2D eigenvalue weighted by Crippen LogP contribution is -2.14. The third-order valence-electron chi connectivity index (χ3n) is 3.70. The predicted octanol–water partition coefficient (Wildman–Crippen LogP) is 2.92. The first-order chi connectivity index (χ1) is 11.0. The van der Waals surface area contributed by atoms with Crippen molar-refractivity contribution in [3.05, 3.63) is 51.1 Å². The molecule has 6 nitrogen and oxygen atoms in total. The van der Waals surface area contributed by atoms with Crippen LogP contribution in [-0.2, 0) is 11.2 Å². The van der Waals surface area contributed by atoms with Gasteiger partial charge in [-0.3, -0.25) is 4.79 Å². The molecule has 1 amide bonds. The third-order valence-corrected chi connectivity index (χ3v) is 4.37. The Bertz CT molecular complexity index is 874. The summed E-state index contributed by atoms with van der Waals surface area (Å²) < 4.78 is 2.80. The van der Waals surface area contributed by atoms with Crippen LogP contribution >= 0.6 is 22.6 Å². The molecule has 0 aliphatic heterocycles. The van der Waals surface area contributed by atoms with Crippen molar-refractivity contribution < 1.29 is 4.79 Å². The lowest BCUT2D eigenvalue weighted by atomic mass is 10.1. The first kappa shape index (κ1) is 15.9. The first-order valence-electron chi connectivity index (χ1n) is 7.26. The maximum atomic E-state index is 12.2. The normalized spacial score (nSPS) is 10.9. The van der Waals surface area contributed by atoms with Crippen LogP contribution in [0.25, 0.3) is 5.78 Å². The summed E-state index contributed by atoms with van der Waals surface area (Å²) >= 11 is 2.22. The van der Waals surface area contributed by atoms with E-state index in [0.29, 0.717) is 18.6 Å². The fourth-order valence-corrected chi connectivity index (χ4v) is 3.09. The summed E-state index contributed by atoms with van der Waals surface area (Å²) in [4.78, 5) is 20.7. The molecule has 0 unspecified atom stereocenters. The van der Waals surface area contributed by atoms with Crippen molar-refractivity contribution in [1.29, 1.82) is 0 Å². The van der Waals surface area contributed by atoms with E-state index in [1.165, 1.54) is 6.33 Å². The molecule has 0 saturated carbocycles. The summed E-state index contributed by atoms with van der Waals surface area (Å²) in [5, 5.41) is 7.09. The highest BCUT2D eigenvalue weighted by Gasteiger charge is 2.12. The Kier molecular flexibility index (Phi) is 4.56. The van der Waals surface area contributed by atoms with Gasteiger partial charge in [0.1, 0.15) is 6.33 Å². The zero-order chi connectivity index (χ0) is 16.4. The summed E-state index contributed by atoms with van der Waals surface area (Å²) in [7, 11) is 0. The predicted molar refractivity (Wildman–Crippen MR) is 96.4 cm³/mol. The molecule has 0 fully saturated rings. The average Bonchev–Trinajstić information content (AvgIpc) is 2.95. The quantitative estimate of drug-likeness (QED) is 0.658. The molecule has 1 N–H and O–H groups in total. The average molecular weight is 421 g/mol. The van der Waals surface area contributed by atoms with Crippen LogP contribution in [0.3, 0.4) is 0 Å². The second-order valence-electron chi connectivity index (χ2n) is 5.29. The molecule has 0 aliphatic carbocycles. The van der Waals surface area contributed by atoms with Gasteiger partial charge in [0.15, 0.2) is 0 Å². The molecule has 23 heavy (non-hydrogen) atoms. The number of anilines is 1. The fraction of sp³-hybridized carbons (Fsp3) is 0.250. The number of hydrogen-bond acceptors (Lipinski definition) is 4. The Morgan fingerprint density at radius 1 is 1.35 bits per heavy atom. The van der Waals surface area contributed by atoms with E-state index < -0.39 is 0 Å². The largest absolute Gasteiger partial charge is 0.326 e. The number of carbonyl (C=O) groups excluding carboxylic acids is 1. The fourth-order valence-electron chi connectivity index (χ4n) is 2.55. The van der Waals surface area contributed by atoms with Gasteiger partial charge in [0.25, 0.3) is 5.78 Å². The molecule has 7 heteroatoms. The van der Waals surface area contributed by atoms with Gasteiger partial charge in [0.05, 0.1) is 0 Å². The summed E-state index contributed by atoms with van der Waals surface area (Å²) in [6.07, 6.45) is 2.51. The van der Waals surface area contributed by atoms with E-state index >= 15 is 0 Å². The van der Waals surface area contributed by atoms with Crippen LogP contribution in [0.1, 0.15) is 23.4 Å². The first-order valence-corrected chi connectivity index (χ1v) is 8.33. The van der Waals surface area contributed by atoms with Gasteiger partial charge in [-0.15, -0.1) is 0 Å². The number of aromatic nitrogens is 4. The molecule has 0 saturated heterocycles. The van der Waals surface area contributed by atoms with Crippen molar-refractivity contribution in [1.82, 2.24) is 19.6 Å². The van der Waals surface area contributed by atoms with Crippen molar-refractivity contribution in [2.75, 3.05) is 5.32 Å². The number of hydrogen-bond donors (Lipinski definition) is 1. The molecule has 2 heterocycles. The van der Waals surface area contributed by atoms with Crippen LogP contribution in [0.5, 0.6) is 0 Å². The summed E-state index contributed by atoms with van der Waals surface area (Å²) in [6.45, 7) is 3.91. The highest BCUT2D eigenvalue weighted by Crippen LogP contribution is 2.16. The lowest BCUT2D eigenvalue weighted by molar-refractivity contribution is -0.116. The minimum Gasteiger partial charge on any atom is -0.326 e. The maximum absolute atomic E-state index is 12.2. The SMILES string of the molecule is Cc1nc2ncnn2c(C)c1CCC(=O)Nc1cccc(I)c1. The van der Waals surface area contributed by atoms with Crippen molar-refractivity contribution in [3.63, 3.8) is 0 Å².